The molecular weight excluding hydrogens is 363 g/mol. The van der Waals surface area contributed by atoms with Crippen LogP contribution < -0.4 is 10.2 Å². The lowest BCUT2D eigenvalue weighted by molar-refractivity contribution is -0.119. The molecule has 0 bridgehead atoms. The van der Waals surface area contributed by atoms with Crippen molar-refractivity contribution < 1.29 is 23.8 Å². The predicted molar refractivity (Wildman–Crippen MR) is 92.2 cm³/mol. The van der Waals surface area contributed by atoms with Crippen LogP contribution in [-0.4, -0.2) is 46.5 Å². The van der Waals surface area contributed by atoms with Gasteiger partial charge in [-0.3, -0.25) is 9.69 Å². The first-order valence-electron chi connectivity index (χ1n) is 7.89. The summed E-state index contributed by atoms with van der Waals surface area (Å²) in [6, 6.07) is 4.32. The summed E-state index contributed by atoms with van der Waals surface area (Å²) in [5.41, 5.74) is 0.586. The maximum Gasteiger partial charge on any atom is 0.414 e. The lowest BCUT2D eigenvalue weighted by Gasteiger charge is -2.14. The van der Waals surface area contributed by atoms with E-state index in [9.17, 15) is 19.1 Å². The SMILES string of the molecule is CC(=O)NC[C@@H]1CN(c2ccc(-c3nnc([C@H](C)O)s3)c(F)c2)C(=O)O1. The average molecular weight is 380 g/mol. The Labute approximate surface area is 152 Å². The molecule has 138 valence electrons. The van der Waals surface area contributed by atoms with Crippen molar-refractivity contribution in [2.45, 2.75) is 26.1 Å². The number of nitrogens with zero attached hydrogens (tertiary/aromatic N) is 3. The van der Waals surface area contributed by atoms with E-state index in [-0.39, 0.29) is 24.6 Å². The third kappa shape index (κ3) is 3.81. The highest BCUT2D eigenvalue weighted by molar-refractivity contribution is 7.14. The number of aliphatic hydroxyl groups is 1. The van der Waals surface area contributed by atoms with E-state index in [1.807, 2.05) is 0 Å². The van der Waals surface area contributed by atoms with E-state index in [1.165, 1.54) is 24.0 Å². The second kappa shape index (κ2) is 7.34. The number of rotatable bonds is 5. The number of ether oxygens (including phenoxy) is 1. The van der Waals surface area contributed by atoms with Crippen molar-refractivity contribution in [2.75, 3.05) is 18.0 Å². The van der Waals surface area contributed by atoms with Gasteiger partial charge < -0.3 is 15.2 Å². The van der Waals surface area contributed by atoms with Gasteiger partial charge in [0.2, 0.25) is 5.91 Å². The van der Waals surface area contributed by atoms with E-state index in [0.29, 0.717) is 15.7 Å². The van der Waals surface area contributed by atoms with Gasteiger partial charge in [-0.2, -0.15) is 0 Å². The number of halogens is 1. The first-order chi connectivity index (χ1) is 12.3. The molecule has 26 heavy (non-hydrogen) atoms. The summed E-state index contributed by atoms with van der Waals surface area (Å²) >= 11 is 1.10. The number of cyclic esters (lactones) is 1. The van der Waals surface area contributed by atoms with Crippen LogP contribution in [0.25, 0.3) is 10.6 Å². The van der Waals surface area contributed by atoms with Crippen LogP contribution in [0.4, 0.5) is 14.9 Å². The molecule has 0 aliphatic carbocycles. The van der Waals surface area contributed by atoms with E-state index in [1.54, 1.807) is 13.0 Å². The highest BCUT2D eigenvalue weighted by atomic mass is 32.1. The Morgan fingerprint density at radius 2 is 2.31 bits per heavy atom. The fourth-order valence-electron chi connectivity index (χ4n) is 2.45. The number of aliphatic hydroxyl groups excluding tert-OH is 1. The zero-order chi connectivity index (χ0) is 18.8. The summed E-state index contributed by atoms with van der Waals surface area (Å²) in [7, 11) is 0. The second-order valence-corrected chi connectivity index (χ2v) is 6.85. The summed E-state index contributed by atoms with van der Waals surface area (Å²) in [5.74, 6) is -0.780. The molecule has 0 saturated carbocycles. The van der Waals surface area contributed by atoms with E-state index in [2.05, 4.69) is 15.5 Å². The molecule has 2 N–H and O–H groups in total. The lowest BCUT2D eigenvalue weighted by atomic mass is 10.2. The fourth-order valence-corrected chi connectivity index (χ4v) is 3.26. The number of benzene rings is 1. The molecule has 1 fully saturated rings. The number of aromatic nitrogens is 2. The number of hydrogen-bond donors (Lipinski definition) is 2. The first-order valence-corrected chi connectivity index (χ1v) is 8.70. The normalized spacial score (nSPS) is 17.9. The fraction of sp³-hybridized carbons (Fsp3) is 0.375. The number of anilines is 1. The molecule has 2 atom stereocenters. The lowest BCUT2D eigenvalue weighted by Crippen LogP contribution is -2.33. The highest BCUT2D eigenvalue weighted by Gasteiger charge is 2.32. The van der Waals surface area contributed by atoms with Gasteiger partial charge in [0, 0.05) is 12.5 Å². The number of carbonyl (C=O) groups is 2. The molecule has 1 aliphatic rings. The van der Waals surface area contributed by atoms with Crippen LogP contribution in [0.15, 0.2) is 18.2 Å². The number of carbonyl (C=O) groups excluding carboxylic acids is 2. The minimum absolute atomic E-state index is 0.199. The Morgan fingerprint density at radius 1 is 1.54 bits per heavy atom. The quantitative estimate of drug-likeness (QED) is 0.820. The number of amides is 2. The van der Waals surface area contributed by atoms with Gasteiger partial charge in [-0.15, -0.1) is 10.2 Å². The predicted octanol–water partition coefficient (Wildman–Crippen LogP) is 1.86. The Bertz CT molecular complexity index is 841. The van der Waals surface area contributed by atoms with Gasteiger partial charge in [-0.05, 0) is 25.1 Å². The molecule has 1 aliphatic heterocycles. The van der Waals surface area contributed by atoms with Crippen LogP contribution in [0.3, 0.4) is 0 Å². The van der Waals surface area contributed by atoms with Gasteiger partial charge in [0.15, 0.2) is 5.01 Å². The maximum atomic E-state index is 14.5. The first kappa shape index (κ1) is 18.2. The van der Waals surface area contributed by atoms with Crippen LogP contribution in [0.1, 0.15) is 25.0 Å². The van der Waals surface area contributed by atoms with Gasteiger partial charge >= 0.3 is 6.09 Å². The van der Waals surface area contributed by atoms with Crippen molar-refractivity contribution in [1.29, 1.82) is 0 Å². The van der Waals surface area contributed by atoms with Crippen molar-refractivity contribution in [3.63, 3.8) is 0 Å². The zero-order valence-electron chi connectivity index (χ0n) is 14.1. The molecule has 1 aromatic carbocycles. The van der Waals surface area contributed by atoms with Gasteiger partial charge in [0.05, 0.1) is 18.8 Å². The maximum absolute atomic E-state index is 14.5. The molecule has 0 spiro atoms. The van der Waals surface area contributed by atoms with Crippen LogP contribution in [0.5, 0.6) is 0 Å². The summed E-state index contributed by atoms with van der Waals surface area (Å²) in [6.07, 6.45) is -1.87. The number of nitrogens with one attached hydrogen (secondary N) is 1. The molecule has 0 radical (unpaired) electrons. The van der Waals surface area contributed by atoms with Gasteiger partial charge in [0.1, 0.15) is 23.0 Å². The zero-order valence-corrected chi connectivity index (χ0v) is 14.9. The van der Waals surface area contributed by atoms with E-state index in [0.717, 1.165) is 11.3 Å². The molecule has 8 nitrogen and oxygen atoms in total. The summed E-state index contributed by atoms with van der Waals surface area (Å²) in [4.78, 5) is 24.3. The monoisotopic (exact) mass is 380 g/mol. The smallest absolute Gasteiger partial charge is 0.414 e. The Balaban J connectivity index is 1.76. The summed E-state index contributed by atoms with van der Waals surface area (Å²) in [5, 5.41) is 20.5. The van der Waals surface area contributed by atoms with Crippen LogP contribution in [-0.2, 0) is 9.53 Å². The molecule has 2 aromatic rings. The molecule has 2 heterocycles. The molecule has 2 amide bonds. The molecule has 1 aromatic heterocycles. The third-order valence-electron chi connectivity index (χ3n) is 3.75. The highest BCUT2D eigenvalue weighted by Crippen LogP contribution is 2.31. The molecule has 1 saturated heterocycles. The van der Waals surface area contributed by atoms with Crippen molar-refractivity contribution in [3.05, 3.63) is 29.0 Å². The van der Waals surface area contributed by atoms with Crippen molar-refractivity contribution in [2.24, 2.45) is 0 Å². The van der Waals surface area contributed by atoms with Gasteiger partial charge in [0.25, 0.3) is 0 Å². The van der Waals surface area contributed by atoms with E-state index in [4.69, 9.17) is 4.74 Å². The third-order valence-corrected chi connectivity index (χ3v) is 4.87. The van der Waals surface area contributed by atoms with Crippen LogP contribution in [0.2, 0.25) is 0 Å². The average Bonchev–Trinajstić information content (AvgIpc) is 3.20. The summed E-state index contributed by atoms with van der Waals surface area (Å²) in [6.45, 7) is 3.34. The topological polar surface area (TPSA) is 105 Å². The summed E-state index contributed by atoms with van der Waals surface area (Å²) < 4.78 is 19.7. The minimum Gasteiger partial charge on any atom is -0.442 e. The molecule has 0 unspecified atom stereocenters. The molecule has 3 rings (SSSR count). The van der Waals surface area contributed by atoms with Crippen molar-refractivity contribution in [3.8, 4) is 10.6 Å². The molecular formula is C16H17FN4O4S. The minimum atomic E-state index is -0.775. The Hall–Kier alpha value is -2.59. The Morgan fingerprint density at radius 3 is 2.92 bits per heavy atom. The van der Waals surface area contributed by atoms with Crippen molar-refractivity contribution in [1.82, 2.24) is 15.5 Å². The largest absolute Gasteiger partial charge is 0.442 e. The van der Waals surface area contributed by atoms with E-state index < -0.39 is 24.1 Å². The van der Waals surface area contributed by atoms with E-state index >= 15 is 0 Å². The number of hydrogen-bond acceptors (Lipinski definition) is 7. The second-order valence-electron chi connectivity index (χ2n) is 5.84. The van der Waals surface area contributed by atoms with Crippen molar-refractivity contribution >= 4 is 29.0 Å². The van der Waals surface area contributed by atoms with Crippen LogP contribution in [0, 0.1) is 5.82 Å². The van der Waals surface area contributed by atoms with Gasteiger partial charge in [-0.25, -0.2) is 9.18 Å². The molecule has 10 heteroatoms. The van der Waals surface area contributed by atoms with Crippen LogP contribution >= 0.6 is 11.3 Å². The van der Waals surface area contributed by atoms with Gasteiger partial charge in [-0.1, -0.05) is 11.3 Å². The Kier molecular flexibility index (Phi) is 5.14. The standard InChI is InChI=1S/C16H17FN4O4S/c1-8(22)14-19-20-15(26-14)12-4-3-10(5-13(12)17)21-7-11(25-16(21)24)6-18-9(2)23/h3-5,8,11,22H,6-7H2,1-2H3,(H,18,23)/t8-,11+/m0/s1.